The number of allylic oxidation sites excluding steroid dienone is 5. The highest BCUT2D eigenvalue weighted by Gasteiger charge is 2.25. The predicted octanol–water partition coefficient (Wildman–Crippen LogP) is 10.7. The van der Waals surface area contributed by atoms with E-state index in [0.29, 0.717) is 36.7 Å². The molecule has 1 aliphatic heterocycles. The first-order valence-electron chi connectivity index (χ1n) is 15.6. The maximum atomic E-state index is 13.4. The normalized spacial score (nSPS) is 21.5. The molecule has 0 atom stereocenters. The number of hydrogen-bond donors (Lipinski definition) is 1. The topological polar surface area (TPSA) is 41.5 Å². The van der Waals surface area contributed by atoms with E-state index in [2.05, 4.69) is 40.6 Å². The number of carbonyl (C=O) groups excluding carboxylic acids is 1. The Morgan fingerprint density at radius 3 is 2.17 bits per heavy atom. The van der Waals surface area contributed by atoms with Gasteiger partial charge in [0.1, 0.15) is 12.1 Å². The van der Waals surface area contributed by atoms with E-state index in [-0.39, 0.29) is 17.9 Å². The van der Waals surface area contributed by atoms with Crippen LogP contribution in [-0.4, -0.2) is 31.1 Å². The lowest BCUT2D eigenvalue weighted by Crippen LogP contribution is -2.26. The van der Waals surface area contributed by atoms with Crippen LogP contribution in [0.5, 0.6) is 0 Å². The van der Waals surface area contributed by atoms with E-state index in [0.717, 1.165) is 31.1 Å². The van der Waals surface area contributed by atoms with Crippen molar-refractivity contribution in [2.45, 2.75) is 112 Å². The second kappa shape index (κ2) is 22.7. The molecule has 3 rings (SSSR count). The van der Waals surface area contributed by atoms with Gasteiger partial charge in [-0.2, -0.15) is 0 Å². The van der Waals surface area contributed by atoms with Gasteiger partial charge in [0.05, 0.1) is 12.4 Å². The average molecular weight is 589 g/mol. The fourth-order valence-electron chi connectivity index (χ4n) is 4.73. The van der Waals surface area contributed by atoms with Crippen LogP contribution in [-0.2, 0) is 4.79 Å². The summed E-state index contributed by atoms with van der Waals surface area (Å²) in [6, 6.07) is 10.8. The first kappa shape index (κ1) is 39.1. The van der Waals surface area contributed by atoms with Crippen LogP contribution in [0.1, 0.15) is 112 Å². The first-order valence-corrected chi connectivity index (χ1v) is 15.6. The summed E-state index contributed by atoms with van der Waals surface area (Å²) >= 11 is 0. The van der Waals surface area contributed by atoms with E-state index in [1.54, 1.807) is 13.0 Å². The van der Waals surface area contributed by atoms with Gasteiger partial charge in [0.2, 0.25) is 0 Å². The zero-order valence-electron chi connectivity index (χ0n) is 27.3. The van der Waals surface area contributed by atoms with Gasteiger partial charge in [0.25, 0.3) is 5.92 Å². The number of nitrogens with one attached hydrogen (secondary N) is 1. The van der Waals surface area contributed by atoms with Gasteiger partial charge in [0.15, 0.2) is 0 Å². The monoisotopic (exact) mass is 588 g/mol. The Balaban J connectivity index is 0.000000760. The van der Waals surface area contributed by atoms with Crippen molar-refractivity contribution in [2.75, 3.05) is 13.1 Å². The van der Waals surface area contributed by atoms with Crippen molar-refractivity contribution < 1.29 is 18.0 Å². The molecule has 42 heavy (non-hydrogen) atoms. The first-order chi connectivity index (χ1) is 20.2. The van der Waals surface area contributed by atoms with Crippen molar-refractivity contribution in [3.8, 4) is 0 Å². The quantitative estimate of drug-likeness (QED) is 0.307. The molecule has 1 heterocycles. The lowest BCUT2D eigenvalue weighted by atomic mass is 9.78. The summed E-state index contributed by atoms with van der Waals surface area (Å²) in [5, 5.41) is 3.09. The molecule has 0 unspecified atom stereocenters. The number of amidine groups is 1. The molecule has 1 aromatic carbocycles. The van der Waals surface area contributed by atoms with E-state index in [9.17, 15) is 18.0 Å². The number of nitrogens with zero attached hydrogens (tertiary/aromatic N) is 1. The lowest BCUT2D eigenvalue weighted by molar-refractivity contribution is -0.108. The van der Waals surface area contributed by atoms with Crippen LogP contribution in [0, 0.1) is 5.92 Å². The van der Waals surface area contributed by atoms with Crippen molar-refractivity contribution in [1.82, 2.24) is 5.32 Å². The maximum Gasteiger partial charge on any atom is 0.270 e. The lowest BCUT2D eigenvalue weighted by Gasteiger charge is -2.27. The molecule has 0 aromatic heterocycles. The van der Waals surface area contributed by atoms with E-state index in [1.807, 2.05) is 40.7 Å². The molecule has 0 amide bonds. The average Bonchev–Trinajstić information content (AvgIpc) is 3.13. The highest BCUT2D eigenvalue weighted by atomic mass is 19.3. The van der Waals surface area contributed by atoms with Gasteiger partial charge in [-0.15, -0.1) is 0 Å². The third kappa shape index (κ3) is 15.4. The fourth-order valence-corrected chi connectivity index (χ4v) is 4.73. The molecule has 0 radical (unpaired) electrons. The van der Waals surface area contributed by atoms with Crippen LogP contribution in [0.15, 0.2) is 82.2 Å². The molecule has 1 aliphatic carbocycles. The van der Waals surface area contributed by atoms with Crippen LogP contribution in [0.3, 0.4) is 0 Å². The van der Waals surface area contributed by atoms with Gasteiger partial charge < -0.3 is 10.1 Å². The van der Waals surface area contributed by atoms with Gasteiger partial charge in [0, 0.05) is 25.5 Å². The van der Waals surface area contributed by atoms with Crippen LogP contribution in [0.25, 0.3) is 0 Å². The maximum absolute atomic E-state index is 13.4. The van der Waals surface area contributed by atoms with Crippen molar-refractivity contribution in [3.05, 3.63) is 82.7 Å². The Labute approximate surface area is 254 Å². The summed E-state index contributed by atoms with van der Waals surface area (Å²) in [7, 11) is 0. The standard InChI is InChI=1S/C18H25F3N2.C14H18O.2C2H6/c1-5-15(9-8-13(2)14(3)19)17-22-11-6-7-16(10-12-23-17)18(4,20)21;15-11-10-12-6-8-14(9-7-12)13-4-2-1-3-5-13;2*1-2/h5-7,10H,8-9,11-12H2,1-4H3,(H,22,23);1-5,11-12,14H,6-10H2;2*1-2H3/b7-6-,14-13+,15-5+,16-10+;;;. The zero-order valence-corrected chi connectivity index (χ0v) is 27.3. The molecule has 236 valence electrons. The molecule has 1 N–H and O–H groups in total. The van der Waals surface area contributed by atoms with E-state index < -0.39 is 5.92 Å². The molecule has 3 nitrogen and oxygen atoms in total. The summed E-state index contributed by atoms with van der Waals surface area (Å²) in [5.74, 6) is -0.965. The zero-order chi connectivity index (χ0) is 32.0. The fraction of sp³-hybridized carbons (Fsp3) is 0.556. The predicted molar refractivity (Wildman–Crippen MR) is 175 cm³/mol. The van der Waals surface area contributed by atoms with Gasteiger partial charge in [-0.1, -0.05) is 82.3 Å². The number of aldehydes is 1. The molecular formula is C36H55F3N2O. The SMILES string of the molecule is C/C=C(\CC/C(C)=C(\C)F)C1=NC/C=C\C(C(C)(F)F)=C/CN1.CC.CC.O=CCC1CCC(c2ccccc2)CC1. The molecule has 0 saturated heterocycles. The van der Waals surface area contributed by atoms with Crippen LogP contribution >= 0.6 is 0 Å². The van der Waals surface area contributed by atoms with Gasteiger partial charge in [-0.05, 0) is 87.8 Å². The van der Waals surface area contributed by atoms with Crippen LogP contribution in [0.2, 0.25) is 0 Å². The molecule has 1 saturated carbocycles. The molecule has 1 aromatic rings. The number of benzene rings is 1. The van der Waals surface area contributed by atoms with Crippen molar-refractivity contribution in [1.29, 1.82) is 0 Å². The number of carbonyl (C=O) groups is 1. The number of alkyl halides is 2. The van der Waals surface area contributed by atoms with Crippen LogP contribution in [0.4, 0.5) is 13.2 Å². The van der Waals surface area contributed by atoms with Gasteiger partial charge in [-0.25, -0.2) is 13.2 Å². The Morgan fingerprint density at radius 2 is 1.64 bits per heavy atom. The molecule has 6 heteroatoms. The second-order valence-corrected chi connectivity index (χ2v) is 10.2. The summed E-state index contributed by atoms with van der Waals surface area (Å²) < 4.78 is 40.0. The molecule has 2 aliphatic rings. The largest absolute Gasteiger partial charge is 0.367 e. The number of rotatable bonds is 8. The summed E-state index contributed by atoms with van der Waals surface area (Å²) in [4.78, 5) is 14.8. The van der Waals surface area contributed by atoms with E-state index in [1.165, 1.54) is 50.3 Å². The number of halogens is 3. The minimum absolute atomic E-state index is 0.0182. The van der Waals surface area contributed by atoms with E-state index in [4.69, 9.17) is 0 Å². The summed E-state index contributed by atoms with van der Waals surface area (Å²) in [5.41, 5.74) is 3.12. The Hall–Kier alpha value is -2.89. The highest BCUT2D eigenvalue weighted by Crippen LogP contribution is 2.36. The van der Waals surface area contributed by atoms with Gasteiger partial charge >= 0.3 is 0 Å². The molecule has 0 bridgehead atoms. The van der Waals surface area contributed by atoms with Crippen molar-refractivity contribution in [2.24, 2.45) is 10.9 Å². The highest BCUT2D eigenvalue weighted by molar-refractivity contribution is 5.98. The third-order valence-electron chi connectivity index (χ3n) is 7.31. The van der Waals surface area contributed by atoms with Gasteiger partial charge in [-0.3, -0.25) is 4.99 Å². The van der Waals surface area contributed by atoms with Crippen LogP contribution < -0.4 is 5.32 Å². The Morgan fingerprint density at radius 1 is 1.02 bits per heavy atom. The summed E-state index contributed by atoms with van der Waals surface area (Å²) in [6.07, 6.45) is 14.5. The van der Waals surface area contributed by atoms with Crippen molar-refractivity contribution >= 4 is 12.1 Å². The third-order valence-corrected chi connectivity index (χ3v) is 7.31. The molecular weight excluding hydrogens is 533 g/mol. The second-order valence-electron chi connectivity index (χ2n) is 10.2. The molecule has 1 fully saturated rings. The Kier molecular flexibility index (Phi) is 21.1. The number of aliphatic imine (C=N–C) groups is 1. The van der Waals surface area contributed by atoms with Crippen molar-refractivity contribution in [3.63, 3.8) is 0 Å². The smallest absolute Gasteiger partial charge is 0.270 e. The Bertz CT molecular complexity index is 1020. The minimum atomic E-state index is -2.87. The summed E-state index contributed by atoms with van der Waals surface area (Å²) in [6.45, 7) is 14.6. The van der Waals surface area contributed by atoms with E-state index >= 15 is 0 Å². The molecule has 0 spiro atoms. The number of hydrogen-bond acceptors (Lipinski definition) is 3. The minimum Gasteiger partial charge on any atom is -0.367 e.